The van der Waals surface area contributed by atoms with Gasteiger partial charge in [-0.05, 0) is 19.3 Å². The van der Waals surface area contributed by atoms with E-state index in [0.717, 1.165) is 19.3 Å². The summed E-state index contributed by atoms with van der Waals surface area (Å²) < 4.78 is 0. The zero-order valence-corrected chi connectivity index (χ0v) is 5.26. The molecule has 2 N–H and O–H groups in total. The Morgan fingerprint density at radius 1 is 1.33 bits per heavy atom. The molecule has 0 heterocycles. The summed E-state index contributed by atoms with van der Waals surface area (Å²) in [6.07, 6.45) is 3.46. The number of hydrogen-bond acceptors (Lipinski definition) is 3. The Labute approximate surface area is 53.9 Å². The van der Waals surface area contributed by atoms with Gasteiger partial charge in [0, 0.05) is 6.42 Å². The fourth-order valence-electron chi connectivity index (χ4n) is 0.998. The molecule has 1 aliphatic rings. The number of nitrogens with zero attached hydrogens (tertiary/aromatic N) is 1. The molecule has 1 saturated carbocycles. The SMILES string of the molecule is NN=C1CCCCC1=O. The van der Waals surface area contributed by atoms with E-state index < -0.39 is 0 Å². The van der Waals surface area contributed by atoms with Crippen molar-refractivity contribution in [3.8, 4) is 0 Å². The molecule has 3 nitrogen and oxygen atoms in total. The Kier molecular flexibility index (Phi) is 1.82. The van der Waals surface area contributed by atoms with Gasteiger partial charge >= 0.3 is 0 Å². The smallest absolute Gasteiger partial charge is 0.178 e. The number of hydrazone groups is 1. The van der Waals surface area contributed by atoms with Gasteiger partial charge in [0.05, 0.1) is 0 Å². The summed E-state index contributed by atoms with van der Waals surface area (Å²) in [5, 5.41) is 3.40. The second-order valence-electron chi connectivity index (χ2n) is 2.21. The first-order valence-corrected chi connectivity index (χ1v) is 3.14. The first kappa shape index (κ1) is 6.26. The molecule has 0 saturated heterocycles. The van der Waals surface area contributed by atoms with Crippen molar-refractivity contribution < 1.29 is 4.79 Å². The van der Waals surface area contributed by atoms with Gasteiger partial charge in [-0.15, -0.1) is 0 Å². The molecule has 50 valence electrons. The fraction of sp³-hybridized carbons (Fsp3) is 0.667. The van der Waals surface area contributed by atoms with Crippen LogP contribution in [0.25, 0.3) is 0 Å². The standard InChI is InChI=1S/C6H10N2O/c7-8-5-3-1-2-4-6(5)9/h1-4,7H2. The molecule has 1 aliphatic carbocycles. The molecule has 0 atom stereocenters. The van der Waals surface area contributed by atoms with Gasteiger partial charge in [-0.2, -0.15) is 5.10 Å². The molecule has 0 amide bonds. The predicted molar refractivity (Wildman–Crippen MR) is 35.1 cm³/mol. The maximum atomic E-state index is 10.8. The van der Waals surface area contributed by atoms with Gasteiger partial charge in [0.15, 0.2) is 5.78 Å². The largest absolute Gasteiger partial charge is 0.323 e. The van der Waals surface area contributed by atoms with Crippen LogP contribution >= 0.6 is 0 Å². The van der Waals surface area contributed by atoms with Crippen molar-refractivity contribution in [1.82, 2.24) is 0 Å². The van der Waals surface area contributed by atoms with E-state index in [1.165, 1.54) is 0 Å². The Morgan fingerprint density at radius 2 is 2.00 bits per heavy atom. The van der Waals surface area contributed by atoms with E-state index in [-0.39, 0.29) is 5.78 Å². The normalized spacial score (nSPS) is 24.9. The van der Waals surface area contributed by atoms with Crippen molar-refractivity contribution in [2.75, 3.05) is 0 Å². The molecular weight excluding hydrogens is 116 g/mol. The van der Waals surface area contributed by atoms with Crippen molar-refractivity contribution in [2.45, 2.75) is 25.7 Å². The van der Waals surface area contributed by atoms with Crippen LogP contribution in [-0.2, 0) is 4.79 Å². The van der Waals surface area contributed by atoms with Crippen LogP contribution in [0.4, 0.5) is 0 Å². The Balaban J connectivity index is 2.60. The average Bonchev–Trinajstić information content (AvgIpc) is 1.89. The third-order valence-electron chi connectivity index (χ3n) is 1.55. The van der Waals surface area contributed by atoms with Crippen LogP contribution in [0.3, 0.4) is 0 Å². The lowest BCUT2D eigenvalue weighted by Gasteiger charge is -2.08. The topological polar surface area (TPSA) is 55.4 Å². The fourth-order valence-corrected chi connectivity index (χ4v) is 0.998. The molecule has 1 rings (SSSR count). The average molecular weight is 126 g/mol. The van der Waals surface area contributed by atoms with Crippen LogP contribution < -0.4 is 5.84 Å². The highest BCUT2D eigenvalue weighted by Gasteiger charge is 2.15. The van der Waals surface area contributed by atoms with E-state index >= 15 is 0 Å². The predicted octanol–water partition coefficient (Wildman–Crippen LogP) is 0.444. The number of ketones is 1. The molecule has 0 aromatic heterocycles. The Hall–Kier alpha value is -0.860. The zero-order chi connectivity index (χ0) is 6.69. The van der Waals surface area contributed by atoms with E-state index in [1.54, 1.807) is 0 Å². The molecule has 0 aromatic rings. The maximum absolute atomic E-state index is 10.8. The monoisotopic (exact) mass is 126 g/mol. The lowest BCUT2D eigenvalue weighted by atomic mass is 9.97. The minimum atomic E-state index is 0.128. The van der Waals surface area contributed by atoms with E-state index in [4.69, 9.17) is 5.84 Å². The van der Waals surface area contributed by atoms with Crippen LogP contribution in [0.2, 0.25) is 0 Å². The molecule has 9 heavy (non-hydrogen) atoms. The van der Waals surface area contributed by atoms with Crippen LogP contribution in [0.1, 0.15) is 25.7 Å². The van der Waals surface area contributed by atoms with E-state index in [2.05, 4.69) is 5.10 Å². The second kappa shape index (κ2) is 2.62. The molecule has 0 radical (unpaired) electrons. The quantitative estimate of drug-likeness (QED) is 0.378. The summed E-state index contributed by atoms with van der Waals surface area (Å²) in [5.74, 6) is 5.09. The highest BCUT2D eigenvalue weighted by atomic mass is 16.1. The van der Waals surface area contributed by atoms with Crippen molar-refractivity contribution in [3.63, 3.8) is 0 Å². The summed E-state index contributed by atoms with van der Waals surface area (Å²) in [5.41, 5.74) is 0.571. The van der Waals surface area contributed by atoms with Gasteiger partial charge in [0.25, 0.3) is 0 Å². The van der Waals surface area contributed by atoms with E-state index in [1.807, 2.05) is 0 Å². The molecular formula is C6H10N2O. The van der Waals surface area contributed by atoms with E-state index in [9.17, 15) is 4.79 Å². The second-order valence-corrected chi connectivity index (χ2v) is 2.21. The first-order chi connectivity index (χ1) is 4.34. The van der Waals surface area contributed by atoms with E-state index in [0.29, 0.717) is 12.1 Å². The van der Waals surface area contributed by atoms with Crippen molar-refractivity contribution in [3.05, 3.63) is 0 Å². The summed E-state index contributed by atoms with van der Waals surface area (Å²) in [4.78, 5) is 10.8. The summed E-state index contributed by atoms with van der Waals surface area (Å²) in [7, 11) is 0. The highest BCUT2D eigenvalue weighted by Crippen LogP contribution is 2.10. The van der Waals surface area contributed by atoms with Crippen LogP contribution in [0.5, 0.6) is 0 Å². The number of nitrogens with two attached hydrogens (primary N) is 1. The molecule has 0 aromatic carbocycles. The zero-order valence-electron chi connectivity index (χ0n) is 5.26. The third kappa shape index (κ3) is 1.28. The molecule has 0 unspecified atom stereocenters. The minimum Gasteiger partial charge on any atom is -0.323 e. The van der Waals surface area contributed by atoms with Gasteiger partial charge in [0.2, 0.25) is 0 Å². The van der Waals surface area contributed by atoms with Gasteiger partial charge in [-0.3, -0.25) is 4.79 Å². The molecule has 0 aliphatic heterocycles. The van der Waals surface area contributed by atoms with Crippen molar-refractivity contribution >= 4 is 11.5 Å². The summed E-state index contributed by atoms with van der Waals surface area (Å²) in [6.45, 7) is 0. The molecule has 0 bridgehead atoms. The van der Waals surface area contributed by atoms with Gasteiger partial charge in [-0.1, -0.05) is 0 Å². The first-order valence-electron chi connectivity index (χ1n) is 3.14. The number of carbonyl (C=O) groups is 1. The number of hydrogen-bond donors (Lipinski definition) is 1. The molecule has 0 spiro atoms. The van der Waals surface area contributed by atoms with Gasteiger partial charge in [0.1, 0.15) is 5.71 Å². The summed E-state index contributed by atoms with van der Waals surface area (Å²) in [6, 6.07) is 0. The van der Waals surface area contributed by atoms with Crippen molar-refractivity contribution in [2.24, 2.45) is 10.9 Å². The van der Waals surface area contributed by atoms with Gasteiger partial charge < -0.3 is 5.84 Å². The highest BCUT2D eigenvalue weighted by molar-refractivity contribution is 6.40. The van der Waals surface area contributed by atoms with Crippen molar-refractivity contribution in [1.29, 1.82) is 0 Å². The Bertz CT molecular complexity index is 151. The number of rotatable bonds is 0. The van der Waals surface area contributed by atoms with Gasteiger partial charge in [-0.25, -0.2) is 0 Å². The Morgan fingerprint density at radius 3 is 2.44 bits per heavy atom. The third-order valence-corrected chi connectivity index (χ3v) is 1.55. The van der Waals surface area contributed by atoms with Crippen LogP contribution in [-0.4, -0.2) is 11.5 Å². The molecule has 1 fully saturated rings. The molecule has 3 heteroatoms. The number of Topliss-reactive ketones (excluding diaryl/α,β-unsaturated/α-hetero) is 1. The maximum Gasteiger partial charge on any atom is 0.178 e. The summed E-state index contributed by atoms with van der Waals surface area (Å²) >= 11 is 0. The van der Waals surface area contributed by atoms with Crippen LogP contribution in [0.15, 0.2) is 5.10 Å². The lowest BCUT2D eigenvalue weighted by Crippen LogP contribution is -2.19. The minimum absolute atomic E-state index is 0.128. The number of carbonyl (C=O) groups excluding carboxylic acids is 1. The lowest BCUT2D eigenvalue weighted by molar-refractivity contribution is -0.113. The van der Waals surface area contributed by atoms with Crippen LogP contribution in [0, 0.1) is 0 Å².